The minimum atomic E-state index is 0.698. The van der Waals surface area contributed by atoms with E-state index in [1.54, 1.807) is 4.88 Å². The van der Waals surface area contributed by atoms with Crippen molar-refractivity contribution in [2.24, 2.45) is 0 Å². The third-order valence-electron chi connectivity index (χ3n) is 3.11. The van der Waals surface area contributed by atoms with E-state index in [4.69, 9.17) is 11.6 Å². The van der Waals surface area contributed by atoms with Gasteiger partial charge in [0, 0.05) is 24.5 Å². The van der Waals surface area contributed by atoms with Crippen molar-refractivity contribution < 1.29 is 0 Å². The Hall–Kier alpha value is -1.01. The summed E-state index contributed by atoms with van der Waals surface area (Å²) < 4.78 is 0. The highest BCUT2D eigenvalue weighted by atomic mass is 35.5. The van der Waals surface area contributed by atoms with E-state index in [1.807, 2.05) is 23.5 Å². The van der Waals surface area contributed by atoms with Gasteiger partial charge in [-0.25, -0.2) is 0 Å². The second kappa shape index (κ2) is 4.70. The Morgan fingerprint density at radius 3 is 3.24 bits per heavy atom. The zero-order chi connectivity index (χ0) is 11.7. The Bertz CT molecular complexity index is 520. The molecule has 0 atom stereocenters. The van der Waals surface area contributed by atoms with E-state index >= 15 is 0 Å². The largest absolute Gasteiger partial charge is 0.294 e. The van der Waals surface area contributed by atoms with Crippen molar-refractivity contribution in [2.75, 3.05) is 6.54 Å². The molecule has 0 unspecified atom stereocenters. The Kier molecular flexibility index (Phi) is 3.07. The lowest BCUT2D eigenvalue weighted by Crippen LogP contribution is -2.29. The molecule has 0 aliphatic carbocycles. The maximum atomic E-state index is 6.11. The molecule has 0 spiro atoms. The van der Waals surface area contributed by atoms with Gasteiger partial charge < -0.3 is 0 Å². The van der Waals surface area contributed by atoms with Gasteiger partial charge in [-0.15, -0.1) is 11.3 Å². The van der Waals surface area contributed by atoms with E-state index in [9.17, 15) is 0 Å². The van der Waals surface area contributed by atoms with Gasteiger partial charge >= 0.3 is 0 Å². The Morgan fingerprint density at radius 1 is 1.41 bits per heavy atom. The zero-order valence-corrected chi connectivity index (χ0v) is 10.9. The molecular formula is C14H12ClNS. The highest BCUT2D eigenvalue weighted by molar-refractivity contribution is 7.10. The molecule has 2 heterocycles. The summed E-state index contributed by atoms with van der Waals surface area (Å²) in [7, 11) is 0. The van der Waals surface area contributed by atoms with E-state index in [1.165, 1.54) is 5.56 Å². The van der Waals surface area contributed by atoms with Crippen LogP contribution in [0.15, 0.2) is 23.6 Å². The minimum absolute atomic E-state index is 0.698. The van der Waals surface area contributed by atoms with Crippen molar-refractivity contribution in [3.8, 4) is 0 Å². The van der Waals surface area contributed by atoms with Crippen LogP contribution in [0.3, 0.4) is 0 Å². The van der Waals surface area contributed by atoms with Crippen molar-refractivity contribution >= 4 is 22.9 Å². The topological polar surface area (TPSA) is 3.24 Å². The maximum Gasteiger partial charge on any atom is 0.0952 e. The second-order valence-electron chi connectivity index (χ2n) is 4.27. The minimum Gasteiger partial charge on any atom is -0.294 e. The van der Waals surface area contributed by atoms with Gasteiger partial charge in [-0.1, -0.05) is 17.7 Å². The van der Waals surface area contributed by atoms with E-state index in [0.29, 0.717) is 5.02 Å². The predicted molar refractivity (Wildman–Crippen MR) is 71.3 cm³/mol. The first-order chi connectivity index (χ1) is 8.33. The monoisotopic (exact) mass is 261 g/mol. The molecule has 1 nitrogen and oxygen atoms in total. The molecule has 1 aromatic carbocycles. The summed E-state index contributed by atoms with van der Waals surface area (Å²) in [6.07, 6.45) is 1.16. The summed E-state index contributed by atoms with van der Waals surface area (Å²) in [5.41, 5.74) is 2.62. The van der Waals surface area contributed by atoms with E-state index < -0.39 is 0 Å². The van der Waals surface area contributed by atoms with E-state index in [0.717, 1.165) is 31.6 Å². The molecule has 1 aliphatic heterocycles. The van der Waals surface area contributed by atoms with Crippen molar-refractivity contribution in [1.82, 2.24) is 4.90 Å². The van der Waals surface area contributed by atoms with Crippen LogP contribution in [0.2, 0.25) is 5.02 Å². The van der Waals surface area contributed by atoms with Gasteiger partial charge in [0.1, 0.15) is 0 Å². The molecule has 0 amide bonds. The number of hydrogen-bond donors (Lipinski definition) is 0. The van der Waals surface area contributed by atoms with Gasteiger partial charge in [-0.2, -0.15) is 0 Å². The van der Waals surface area contributed by atoms with Crippen molar-refractivity contribution in [2.45, 2.75) is 19.5 Å². The van der Waals surface area contributed by atoms with Crippen LogP contribution in [-0.4, -0.2) is 11.4 Å². The van der Waals surface area contributed by atoms with E-state index in [2.05, 4.69) is 28.5 Å². The molecule has 86 valence electrons. The molecule has 0 saturated carbocycles. The maximum absolute atomic E-state index is 6.11. The van der Waals surface area contributed by atoms with Gasteiger partial charge in [-0.05, 0) is 47.2 Å². The first-order valence-electron chi connectivity index (χ1n) is 5.67. The number of halogens is 1. The van der Waals surface area contributed by atoms with E-state index in [-0.39, 0.29) is 0 Å². The molecule has 1 aliphatic rings. The van der Waals surface area contributed by atoms with Crippen LogP contribution in [0.1, 0.15) is 16.0 Å². The van der Waals surface area contributed by atoms with Crippen LogP contribution in [0.4, 0.5) is 0 Å². The molecule has 0 fully saturated rings. The number of nitrogens with zero attached hydrogens (tertiary/aromatic N) is 1. The lowest BCUT2D eigenvalue weighted by Gasteiger charge is -2.26. The van der Waals surface area contributed by atoms with Crippen LogP contribution in [0.5, 0.6) is 0 Å². The molecule has 3 rings (SSSR count). The molecule has 0 bridgehead atoms. The molecule has 3 heteroatoms. The third kappa shape index (κ3) is 2.32. The van der Waals surface area contributed by atoms with Crippen molar-refractivity contribution in [1.29, 1.82) is 0 Å². The van der Waals surface area contributed by atoms with Crippen LogP contribution >= 0.6 is 22.9 Å². The fraction of sp³-hybridized carbons (Fsp3) is 0.286. The summed E-state index contributed by atoms with van der Waals surface area (Å²) in [6.45, 7) is 3.05. The molecule has 1 aromatic heterocycles. The smallest absolute Gasteiger partial charge is 0.0952 e. The Labute approximate surface area is 111 Å². The number of fused-ring (bicyclic) bond motifs is 1. The van der Waals surface area contributed by atoms with Gasteiger partial charge in [0.25, 0.3) is 0 Å². The second-order valence-corrected chi connectivity index (χ2v) is 5.65. The normalized spacial score (nSPS) is 15.4. The molecule has 17 heavy (non-hydrogen) atoms. The van der Waals surface area contributed by atoms with Gasteiger partial charge in [0.05, 0.1) is 5.02 Å². The van der Waals surface area contributed by atoms with Crippen LogP contribution < -0.4 is 0 Å². The summed E-state index contributed by atoms with van der Waals surface area (Å²) in [6, 6.07) is 11.9. The SMILES string of the molecule is Clc1c#cccc1CN1CCc2sccc2C1. The van der Waals surface area contributed by atoms with Crippen LogP contribution in [-0.2, 0) is 19.5 Å². The fourth-order valence-corrected chi connectivity index (χ4v) is 3.27. The first-order valence-corrected chi connectivity index (χ1v) is 6.93. The molecule has 0 radical (unpaired) electrons. The quantitative estimate of drug-likeness (QED) is 0.799. The molecule has 2 aromatic rings. The average molecular weight is 262 g/mol. The lowest BCUT2D eigenvalue weighted by atomic mass is 10.1. The molecular weight excluding hydrogens is 250 g/mol. The number of rotatable bonds is 2. The summed E-state index contributed by atoms with van der Waals surface area (Å²) in [4.78, 5) is 3.98. The molecule has 0 saturated heterocycles. The van der Waals surface area contributed by atoms with Gasteiger partial charge in [0.15, 0.2) is 0 Å². The Balaban J connectivity index is 1.74. The standard InChI is InChI=1S/C14H12ClNS/c15-13-4-2-1-3-11(13)9-16-7-5-14-12(10-16)6-8-17-14/h1,3,6,8H,5,7,9-10H2. The number of hydrogen-bond acceptors (Lipinski definition) is 2. The van der Waals surface area contributed by atoms with Crippen molar-refractivity contribution in [3.05, 3.63) is 56.7 Å². The average Bonchev–Trinajstić information content (AvgIpc) is 2.79. The zero-order valence-electron chi connectivity index (χ0n) is 9.37. The summed E-state index contributed by atoms with van der Waals surface area (Å²) >= 11 is 7.98. The molecule has 0 N–H and O–H groups in total. The highest BCUT2D eigenvalue weighted by Crippen LogP contribution is 2.25. The fourth-order valence-electron chi connectivity index (χ4n) is 2.21. The predicted octanol–water partition coefficient (Wildman–Crippen LogP) is 3.56. The van der Waals surface area contributed by atoms with Gasteiger partial charge in [-0.3, -0.25) is 4.90 Å². The Morgan fingerprint density at radius 2 is 2.35 bits per heavy atom. The van der Waals surface area contributed by atoms with Crippen LogP contribution in [0.25, 0.3) is 0 Å². The highest BCUT2D eigenvalue weighted by Gasteiger charge is 2.17. The lowest BCUT2D eigenvalue weighted by molar-refractivity contribution is 0.247. The number of thiophene rings is 1. The third-order valence-corrected chi connectivity index (χ3v) is 4.47. The van der Waals surface area contributed by atoms with Crippen LogP contribution in [0, 0.1) is 12.1 Å². The van der Waals surface area contributed by atoms with Crippen molar-refractivity contribution in [3.63, 3.8) is 0 Å². The first kappa shape index (κ1) is 11.1. The summed E-state index contributed by atoms with van der Waals surface area (Å²) in [5.74, 6) is 0. The summed E-state index contributed by atoms with van der Waals surface area (Å²) in [5, 5.41) is 2.88. The van der Waals surface area contributed by atoms with Gasteiger partial charge in [0.2, 0.25) is 0 Å².